The molecule has 1 saturated heterocycles. The Kier molecular flexibility index (Phi) is 3.79. The first-order valence-corrected chi connectivity index (χ1v) is 7.00. The average Bonchev–Trinajstić information content (AvgIpc) is 2.83. The van der Waals surface area contributed by atoms with Crippen LogP contribution in [0.3, 0.4) is 0 Å². The highest BCUT2D eigenvalue weighted by molar-refractivity contribution is 5.88. The zero-order chi connectivity index (χ0) is 15.0. The van der Waals surface area contributed by atoms with Crippen molar-refractivity contribution in [2.75, 3.05) is 26.1 Å². The number of ether oxygens (including phenoxy) is 2. The van der Waals surface area contributed by atoms with Crippen LogP contribution >= 0.6 is 0 Å². The first-order chi connectivity index (χ1) is 10.2. The monoisotopic (exact) mass is 292 g/mol. The summed E-state index contributed by atoms with van der Waals surface area (Å²) < 4.78 is 12.7. The molecule has 7 heteroatoms. The Bertz CT molecular complexity index is 642. The topological polar surface area (TPSA) is 81.4 Å². The number of nitrogens with zero attached hydrogens (tertiary/aromatic N) is 3. The number of rotatable bonds is 3. The predicted octanol–water partition coefficient (Wildman–Crippen LogP) is 1.08. The number of aliphatic hydroxyl groups is 1. The average molecular weight is 292 g/mol. The number of anilines is 1. The minimum Gasteiger partial charge on any atom is -0.386 e. The molecule has 114 valence electrons. The Morgan fingerprint density at radius 3 is 3.00 bits per heavy atom. The van der Waals surface area contributed by atoms with Crippen LogP contribution in [0.25, 0.3) is 11.0 Å². The van der Waals surface area contributed by atoms with Crippen molar-refractivity contribution in [1.29, 1.82) is 0 Å². The summed E-state index contributed by atoms with van der Waals surface area (Å²) in [7, 11) is 3.37. The van der Waals surface area contributed by atoms with E-state index in [4.69, 9.17) is 9.47 Å². The van der Waals surface area contributed by atoms with Crippen LogP contribution in [0, 0.1) is 6.92 Å². The first kappa shape index (κ1) is 14.2. The molecule has 0 spiro atoms. The normalized spacial score (nSPS) is 26.2. The molecule has 0 amide bonds. The molecule has 0 radical (unpaired) electrons. The molecule has 0 aliphatic carbocycles. The summed E-state index contributed by atoms with van der Waals surface area (Å²) in [5, 5.41) is 14.5. The van der Waals surface area contributed by atoms with E-state index in [0.717, 1.165) is 22.5 Å². The van der Waals surface area contributed by atoms with Gasteiger partial charge in [0.2, 0.25) is 0 Å². The Hall–Kier alpha value is -1.70. The number of methoxy groups -OCH3 is 1. The standard InChI is InChI=1S/C14H20N4O3/c1-8-6-9-12(15-2)16-7-17-13(9)18(8)10-4-5-21-14(20-3)11(10)19/h6-7,10-11,14,19H,4-5H2,1-3H3,(H,15,16,17)/t10-,11+,14+/m0/s1. The lowest BCUT2D eigenvalue weighted by atomic mass is 10.0. The summed E-state index contributed by atoms with van der Waals surface area (Å²) >= 11 is 0. The largest absolute Gasteiger partial charge is 0.386 e. The van der Waals surface area contributed by atoms with Crippen molar-refractivity contribution in [1.82, 2.24) is 14.5 Å². The Morgan fingerprint density at radius 2 is 2.29 bits per heavy atom. The lowest BCUT2D eigenvalue weighted by Gasteiger charge is -2.35. The van der Waals surface area contributed by atoms with Crippen molar-refractivity contribution in [2.45, 2.75) is 31.8 Å². The molecule has 0 bridgehead atoms. The van der Waals surface area contributed by atoms with Crippen molar-refractivity contribution < 1.29 is 14.6 Å². The molecule has 1 aliphatic heterocycles. The fourth-order valence-corrected chi connectivity index (χ4v) is 3.02. The van der Waals surface area contributed by atoms with Gasteiger partial charge in [-0.2, -0.15) is 0 Å². The molecule has 0 saturated carbocycles. The molecular formula is C14H20N4O3. The lowest BCUT2D eigenvalue weighted by molar-refractivity contribution is -0.215. The van der Waals surface area contributed by atoms with Crippen LogP contribution in [0.2, 0.25) is 0 Å². The minimum atomic E-state index is -0.731. The summed E-state index contributed by atoms with van der Waals surface area (Å²) in [6.07, 6.45) is 0.908. The van der Waals surface area contributed by atoms with E-state index in [1.807, 2.05) is 20.0 Å². The van der Waals surface area contributed by atoms with Gasteiger partial charge in [0.25, 0.3) is 0 Å². The maximum atomic E-state index is 10.5. The molecule has 21 heavy (non-hydrogen) atoms. The Morgan fingerprint density at radius 1 is 1.48 bits per heavy atom. The number of aromatic nitrogens is 3. The van der Waals surface area contributed by atoms with Gasteiger partial charge in [0.15, 0.2) is 6.29 Å². The van der Waals surface area contributed by atoms with Crippen LogP contribution in [0.15, 0.2) is 12.4 Å². The van der Waals surface area contributed by atoms with Gasteiger partial charge in [-0.3, -0.25) is 0 Å². The van der Waals surface area contributed by atoms with Crippen LogP contribution in [0.5, 0.6) is 0 Å². The maximum Gasteiger partial charge on any atom is 0.185 e. The second-order valence-electron chi connectivity index (χ2n) is 5.19. The van der Waals surface area contributed by atoms with E-state index in [1.54, 1.807) is 0 Å². The van der Waals surface area contributed by atoms with Gasteiger partial charge in [0.05, 0.1) is 18.0 Å². The van der Waals surface area contributed by atoms with Gasteiger partial charge in [-0.15, -0.1) is 0 Å². The molecule has 1 aliphatic rings. The number of fused-ring (bicyclic) bond motifs is 1. The Balaban J connectivity index is 2.09. The molecule has 1 fully saturated rings. The fraction of sp³-hybridized carbons (Fsp3) is 0.571. The summed E-state index contributed by atoms with van der Waals surface area (Å²) in [4.78, 5) is 8.62. The summed E-state index contributed by atoms with van der Waals surface area (Å²) in [5.41, 5.74) is 1.84. The predicted molar refractivity (Wildman–Crippen MR) is 78.2 cm³/mol. The van der Waals surface area contributed by atoms with Gasteiger partial charge < -0.3 is 24.5 Å². The van der Waals surface area contributed by atoms with Crippen molar-refractivity contribution in [3.8, 4) is 0 Å². The van der Waals surface area contributed by atoms with Crippen LogP contribution in [-0.4, -0.2) is 52.8 Å². The smallest absolute Gasteiger partial charge is 0.185 e. The molecule has 2 N–H and O–H groups in total. The lowest BCUT2D eigenvalue weighted by Crippen LogP contribution is -2.43. The van der Waals surface area contributed by atoms with Crippen LogP contribution in [-0.2, 0) is 9.47 Å². The minimum absolute atomic E-state index is 0.124. The molecule has 2 aromatic heterocycles. The van der Waals surface area contributed by atoms with Crippen LogP contribution < -0.4 is 5.32 Å². The molecule has 2 aromatic rings. The third-order valence-electron chi connectivity index (χ3n) is 3.99. The highest BCUT2D eigenvalue weighted by Gasteiger charge is 2.35. The number of aryl methyl sites for hydroxylation is 1. The van der Waals surface area contributed by atoms with Gasteiger partial charge in [0.1, 0.15) is 23.9 Å². The van der Waals surface area contributed by atoms with Crippen molar-refractivity contribution in [3.05, 3.63) is 18.1 Å². The van der Waals surface area contributed by atoms with Gasteiger partial charge in [-0.1, -0.05) is 0 Å². The van der Waals surface area contributed by atoms with Gasteiger partial charge >= 0.3 is 0 Å². The van der Waals surface area contributed by atoms with Crippen molar-refractivity contribution in [2.24, 2.45) is 0 Å². The molecule has 3 heterocycles. The van der Waals surface area contributed by atoms with E-state index in [-0.39, 0.29) is 6.04 Å². The molecule has 0 unspecified atom stereocenters. The second kappa shape index (κ2) is 5.59. The number of aliphatic hydroxyl groups excluding tert-OH is 1. The quantitative estimate of drug-likeness (QED) is 0.881. The van der Waals surface area contributed by atoms with E-state index in [9.17, 15) is 5.11 Å². The molecular weight excluding hydrogens is 272 g/mol. The Labute approximate surface area is 122 Å². The maximum absolute atomic E-state index is 10.5. The van der Waals surface area contributed by atoms with Crippen LogP contribution in [0.1, 0.15) is 18.2 Å². The fourth-order valence-electron chi connectivity index (χ4n) is 3.02. The van der Waals surface area contributed by atoms with Gasteiger partial charge in [0, 0.05) is 19.9 Å². The number of nitrogens with one attached hydrogen (secondary N) is 1. The summed E-state index contributed by atoms with van der Waals surface area (Å²) in [6.45, 7) is 2.55. The second-order valence-corrected chi connectivity index (χ2v) is 5.19. The number of hydrogen-bond donors (Lipinski definition) is 2. The molecule has 7 nitrogen and oxygen atoms in total. The van der Waals surface area contributed by atoms with Gasteiger partial charge in [-0.25, -0.2) is 9.97 Å². The summed E-state index contributed by atoms with van der Waals surface area (Å²) in [5.74, 6) is 0.784. The molecule has 0 aromatic carbocycles. The highest BCUT2D eigenvalue weighted by Crippen LogP contribution is 2.33. The van der Waals surface area contributed by atoms with Crippen molar-refractivity contribution >= 4 is 16.9 Å². The van der Waals surface area contributed by atoms with Crippen molar-refractivity contribution in [3.63, 3.8) is 0 Å². The highest BCUT2D eigenvalue weighted by atomic mass is 16.7. The van der Waals surface area contributed by atoms with Gasteiger partial charge in [-0.05, 0) is 19.4 Å². The molecule has 3 atom stereocenters. The van der Waals surface area contributed by atoms with E-state index in [2.05, 4.69) is 19.9 Å². The zero-order valence-corrected chi connectivity index (χ0v) is 12.4. The summed E-state index contributed by atoms with van der Waals surface area (Å²) in [6, 6.07) is 1.91. The SMILES string of the molecule is CNc1ncnc2c1cc(C)n2[C@H]1CCO[C@@H](OC)[C@@H]1O. The van der Waals surface area contributed by atoms with E-state index in [0.29, 0.717) is 13.0 Å². The third-order valence-corrected chi connectivity index (χ3v) is 3.99. The van der Waals surface area contributed by atoms with E-state index >= 15 is 0 Å². The van der Waals surface area contributed by atoms with E-state index in [1.165, 1.54) is 13.4 Å². The zero-order valence-electron chi connectivity index (χ0n) is 12.4. The van der Waals surface area contributed by atoms with E-state index < -0.39 is 12.4 Å². The third kappa shape index (κ3) is 2.27. The first-order valence-electron chi connectivity index (χ1n) is 7.00. The molecule has 3 rings (SSSR count). The van der Waals surface area contributed by atoms with Crippen LogP contribution in [0.4, 0.5) is 5.82 Å². The number of hydrogen-bond acceptors (Lipinski definition) is 6.